The van der Waals surface area contributed by atoms with Gasteiger partial charge in [-0.3, -0.25) is 0 Å². The molecule has 1 saturated heterocycles. The number of benzene rings is 2. The van der Waals surface area contributed by atoms with Gasteiger partial charge < -0.3 is 10.2 Å². The van der Waals surface area contributed by atoms with Crippen LogP contribution in [0.1, 0.15) is 25.7 Å². The van der Waals surface area contributed by atoms with E-state index in [-0.39, 0.29) is 0 Å². The minimum Gasteiger partial charge on any atom is -0.336 e. The summed E-state index contributed by atoms with van der Waals surface area (Å²) >= 11 is 5.54. The lowest BCUT2D eigenvalue weighted by Crippen LogP contribution is -2.38. The molecule has 1 saturated carbocycles. The Morgan fingerprint density at radius 2 is 1.88 bits per heavy atom. The first-order chi connectivity index (χ1) is 11.8. The van der Waals surface area contributed by atoms with Crippen LogP contribution >= 0.6 is 27.7 Å². The van der Waals surface area contributed by atoms with E-state index in [2.05, 4.69) is 68.6 Å². The van der Waals surface area contributed by atoms with Crippen LogP contribution < -0.4 is 10.2 Å². The monoisotopic (exact) mass is 400 g/mol. The Morgan fingerprint density at radius 1 is 1.00 bits per heavy atom. The summed E-state index contributed by atoms with van der Waals surface area (Å²) in [5.74, 6) is 0.888. The first kappa shape index (κ1) is 15.3. The average Bonchev–Trinajstić information content (AvgIpc) is 2.92. The number of anilines is 2. The molecule has 0 aromatic heterocycles. The molecule has 2 bridgehead atoms. The quantitative estimate of drug-likeness (QED) is 0.671. The van der Waals surface area contributed by atoms with E-state index in [1.54, 1.807) is 0 Å². The molecule has 0 radical (unpaired) electrons. The smallest absolute Gasteiger partial charge is 0.0556 e. The van der Waals surface area contributed by atoms with E-state index in [9.17, 15) is 0 Å². The SMILES string of the molecule is Brc1ccc2c(c1)Sc1ccccc1N2C1CCC2CNC(C2)C1. The van der Waals surface area contributed by atoms with E-state index >= 15 is 0 Å². The molecule has 3 atom stereocenters. The van der Waals surface area contributed by atoms with Crippen molar-refractivity contribution in [3.63, 3.8) is 0 Å². The van der Waals surface area contributed by atoms with E-state index in [1.807, 2.05) is 11.8 Å². The van der Waals surface area contributed by atoms with Crippen LogP contribution in [0.15, 0.2) is 56.7 Å². The van der Waals surface area contributed by atoms with E-state index in [0.717, 1.165) is 10.4 Å². The van der Waals surface area contributed by atoms with Crippen LogP contribution in [0.2, 0.25) is 0 Å². The molecular formula is C20H21BrN2S. The summed E-state index contributed by atoms with van der Waals surface area (Å²) in [6.45, 7) is 1.23. The molecule has 3 unspecified atom stereocenters. The predicted molar refractivity (Wildman–Crippen MR) is 104 cm³/mol. The van der Waals surface area contributed by atoms with E-state index < -0.39 is 0 Å². The summed E-state index contributed by atoms with van der Waals surface area (Å²) in [7, 11) is 0. The maximum absolute atomic E-state index is 3.75. The third-order valence-corrected chi connectivity index (χ3v) is 7.27. The van der Waals surface area contributed by atoms with Crippen molar-refractivity contribution in [3.8, 4) is 0 Å². The summed E-state index contributed by atoms with van der Waals surface area (Å²) in [6, 6.07) is 16.9. The van der Waals surface area contributed by atoms with E-state index in [0.29, 0.717) is 12.1 Å². The standard InChI is InChI=1S/C20H21BrN2S/c21-14-6-8-18-20(10-14)24-19-4-2-1-3-17(19)23(18)16-7-5-13-9-15(11-16)22-12-13/h1-4,6,8,10,13,15-16,22H,5,7,9,11-12H2. The Hall–Kier alpha value is -0.970. The molecule has 2 nitrogen and oxygen atoms in total. The van der Waals surface area contributed by atoms with E-state index in [4.69, 9.17) is 0 Å². The molecule has 2 aromatic carbocycles. The molecular weight excluding hydrogens is 380 g/mol. The van der Waals surface area contributed by atoms with Gasteiger partial charge in [0.2, 0.25) is 0 Å². The number of rotatable bonds is 1. The highest BCUT2D eigenvalue weighted by Crippen LogP contribution is 2.51. The highest BCUT2D eigenvalue weighted by molar-refractivity contribution is 9.10. The lowest BCUT2D eigenvalue weighted by Gasteiger charge is -2.40. The van der Waals surface area contributed by atoms with Crippen molar-refractivity contribution < 1.29 is 0 Å². The van der Waals surface area contributed by atoms with Crippen LogP contribution in [-0.4, -0.2) is 18.6 Å². The van der Waals surface area contributed by atoms with Crippen molar-refractivity contribution in [1.82, 2.24) is 5.32 Å². The van der Waals surface area contributed by atoms with Crippen molar-refractivity contribution in [2.45, 2.75) is 47.6 Å². The average molecular weight is 401 g/mol. The van der Waals surface area contributed by atoms with Crippen LogP contribution in [0.25, 0.3) is 0 Å². The normalized spacial score (nSPS) is 28.2. The third kappa shape index (κ3) is 2.59. The van der Waals surface area contributed by atoms with Crippen LogP contribution in [0.5, 0.6) is 0 Å². The van der Waals surface area contributed by atoms with Gasteiger partial charge in [0.25, 0.3) is 0 Å². The molecule has 3 aliphatic rings. The van der Waals surface area contributed by atoms with Crippen LogP contribution in [0.3, 0.4) is 0 Å². The first-order valence-corrected chi connectivity index (χ1v) is 10.5. The zero-order chi connectivity index (χ0) is 16.1. The molecule has 0 amide bonds. The van der Waals surface area contributed by atoms with Crippen LogP contribution in [0, 0.1) is 5.92 Å². The number of para-hydroxylation sites is 1. The van der Waals surface area contributed by atoms with Gasteiger partial charge in [-0.1, -0.05) is 39.8 Å². The first-order valence-electron chi connectivity index (χ1n) is 8.87. The minimum absolute atomic E-state index is 0.592. The highest BCUT2D eigenvalue weighted by Gasteiger charge is 2.36. The second-order valence-corrected chi connectivity index (χ2v) is 9.23. The topological polar surface area (TPSA) is 15.3 Å². The predicted octanol–water partition coefficient (Wildman–Crippen LogP) is 5.58. The zero-order valence-corrected chi connectivity index (χ0v) is 15.9. The van der Waals surface area contributed by atoms with Crippen LogP contribution in [-0.2, 0) is 0 Å². The van der Waals surface area contributed by atoms with Gasteiger partial charge in [0.1, 0.15) is 0 Å². The van der Waals surface area contributed by atoms with Crippen molar-refractivity contribution in [3.05, 3.63) is 46.9 Å². The zero-order valence-electron chi connectivity index (χ0n) is 13.5. The van der Waals surface area contributed by atoms with Gasteiger partial charge in [-0.15, -0.1) is 0 Å². The summed E-state index contributed by atoms with van der Waals surface area (Å²) < 4.78 is 1.16. The van der Waals surface area contributed by atoms with Gasteiger partial charge >= 0.3 is 0 Å². The van der Waals surface area contributed by atoms with Crippen molar-refractivity contribution in [2.24, 2.45) is 5.92 Å². The Balaban J connectivity index is 1.59. The van der Waals surface area contributed by atoms with Crippen LogP contribution in [0.4, 0.5) is 11.4 Å². The van der Waals surface area contributed by atoms with Gasteiger partial charge in [-0.25, -0.2) is 0 Å². The number of fused-ring (bicyclic) bond motifs is 4. The molecule has 1 N–H and O–H groups in total. The largest absolute Gasteiger partial charge is 0.336 e. The van der Waals surface area contributed by atoms with Gasteiger partial charge in [0, 0.05) is 26.3 Å². The number of hydrogen-bond acceptors (Lipinski definition) is 3. The fourth-order valence-corrected chi connectivity index (χ4v) is 6.19. The maximum Gasteiger partial charge on any atom is 0.0556 e. The fourth-order valence-electron chi connectivity index (χ4n) is 4.56. The lowest BCUT2D eigenvalue weighted by molar-refractivity contribution is 0.449. The lowest BCUT2D eigenvalue weighted by atomic mass is 10.00. The molecule has 4 heteroatoms. The van der Waals surface area contributed by atoms with Crippen molar-refractivity contribution in [2.75, 3.05) is 11.4 Å². The molecule has 2 heterocycles. The van der Waals surface area contributed by atoms with Gasteiger partial charge in [0.05, 0.1) is 11.4 Å². The second kappa shape index (κ2) is 6.08. The van der Waals surface area contributed by atoms with Gasteiger partial charge in [-0.2, -0.15) is 0 Å². The molecule has 2 fully saturated rings. The number of nitrogens with zero attached hydrogens (tertiary/aromatic N) is 1. The fraction of sp³-hybridized carbons (Fsp3) is 0.400. The Kier molecular flexibility index (Phi) is 3.88. The third-order valence-electron chi connectivity index (χ3n) is 5.67. The number of hydrogen-bond donors (Lipinski definition) is 1. The Labute approximate surface area is 156 Å². The number of halogens is 1. The minimum atomic E-state index is 0.592. The Bertz CT molecular complexity index is 778. The molecule has 0 spiro atoms. The highest BCUT2D eigenvalue weighted by atomic mass is 79.9. The number of nitrogens with one attached hydrogen (secondary N) is 1. The summed E-state index contributed by atoms with van der Waals surface area (Å²) in [6.07, 6.45) is 5.28. The molecule has 24 heavy (non-hydrogen) atoms. The van der Waals surface area contributed by atoms with Crippen molar-refractivity contribution in [1.29, 1.82) is 0 Å². The van der Waals surface area contributed by atoms with E-state index in [1.165, 1.54) is 53.4 Å². The molecule has 5 rings (SSSR count). The summed E-state index contributed by atoms with van der Waals surface area (Å²) in [4.78, 5) is 5.38. The van der Waals surface area contributed by atoms with Crippen molar-refractivity contribution >= 4 is 39.1 Å². The Morgan fingerprint density at radius 3 is 2.83 bits per heavy atom. The maximum atomic E-state index is 3.75. The summed E-state index contributed by atoms with van der Waals surface area (Å²) in [5, 5.41) is 3.75. The molecule has 1 aliphatic carbocycles. The van der Waals surface area contributed by atoms with Gasteiger partial charge in [0.15, 0.2) is 0 Å². The second-order valence-electron chi connectivity index (χ2n) is 7.23. The molecule has 124 valence electrons. The van der Waals surface area contributed by atoms with Gasteiger partial charge in [-0.05, 0) is 68.5 Å². The summed E-state index contributed by atoms with van der Waals surface area (Å²) in [5.41, 5.74) is 2.77. The molecule has 2 aromatic rings. The molecule has 2 aliphatic heterocycles.